The summed E-state index contributed by atoms with van der Waals surface area (Å²) < 4.78 is 17.6. The van der Waals surface area contributed by atoms with Gasteiger partial charge >= 0.3 is 0 Å². The summed E-state index contributed by atoms with van der Waals surface area (Å²) in [5, 5.41) is 11.4. The van der Waals surface area contributed by atoms with E-state index in [9.17, 15) is 9.18 Å². The number of hydrogen-bond donors (Lipinski definition) is 1. The van der Waals surface area contributed by atoms with Gasteiger partial charge in [-0.15, -0.1) is 11.3 Å². The third kappa shape index (κ3) is 5.17. The molecule has 0 aliphatic carbocycles. The highest BCUT2D eigenvalue weighted by molar-refractivity contribution is 7.13. The highest BCUT2D eigenvalue weighted by Gasteiger charge is 2.45. The number of piperidine rings is 1. The van der Waals surface area contributed by atoms with E-state index in [0.717, 1.165) is 30.8 Å². The van der Waals surface area contributed by atoms with Gasteiger partial charge in [0.2, 0.25) is 0 Å². The van der Waals surface area contributed by atoms with E-state index in [2.05, 4.69) is 56.3 Å². The van der Waals surface area contributed by atoms with Crippen molar-refractivity contribution in [1.82, 2.24) is 29.2 Å². The highest BCUT2D eigenvalue weighted by Crippen LogP contribution is 2.43. The molecular formula is C33H33Cl2FN8OS. The minimum atomic E-state index is -1.03. The summed E-state index contributed by atoms with van der Waals surface area (Å²) in [5.74, 6) is -0.391. The van der Waals surface area contributed by atoms with E-state index < -0.39 is 18.1 Å². The van der Waals surface area contributed by atoms with Crippen molar-refractivity contribution in [1.29, 1.82) is 0 Å². The minimum absolute atomic E-state index is 0.175. The van der Waals surface area contributed by atoms with Gasteiger partial charge in [-0.25, -0.2) is 14.4 Å². The smallest absolute Gasteiger partial charge is 0.257 e. The molecule has 2 saturated heterocycles. The fourth-order valence-corrected chi connectivity index (χ4v) is 8.53. The van der Waals surface area contributed by atoms with Crippen molar-refractivity contribution in [3.63, 3.8) is 0 Å². The van der Waals surface area contributed by atoms with Gasteiger partial charge in [0.15, 0.2) is 11.2 Å². The number of imidazole rings is 1. The second-order valence-corrected chi connectivity index (χ2v) is 14.4. The van der Waals surface area contributed by atoms with E-state index in [1.165, 1.54) is 47.6 Å². The van der Waals surface area contributed by atoms with Crippen molar-refractivity contribution in [2.75, 3.05) is 42.9 Å². The molecule has 8 rings (SSSR count). The Labute approximate surface area is 279 Å². The Bertz CT molecular complexity index is 1920. The number of anilines is 2. The largest absolute Gasteiger partial charge is 0.370 e. The molecule has 2 aromatic carbocycles. The number of benzene rings is 2. The van der Waals surface area contributed by atoms with Gasteiger partial charge in [-0.05, 0) is 49.7 Å². The normalized spacial score (nSPS) is 19.8. The van der Waals surface area contributed by atoms with Gasteiger partial charge in [0.1, 0.15) is 11.7 Å². The van der Waals surface area contributed by atoms with Crippen LogP contribution in [-0.4, -0.2) is 74.0 Å². The summed E-state index contributed by atoms with van der Waals surface area (Å²) in [4.78, 5) is 27.5. The molecule has 1 amide bonds. The van der Waals surface area contributed by atoms with E-state index in [1.54, 1.807) is 28.7 Å². The summed E-state index contributed by atoms with van der Waals surface area (Å²) >= 11 is 15.2. The number of thiazole rings is 1. The third-order valence-electron chi connectivity index (χ3n) is 9.71. The second-order valence-electron chi connectivity index (χ2n) is 12.7. The van der Waals surface area contributed by atoms with Gasteiger partial charge in [-0.1, -0.05) is 42.3 Å². The average Bonchev–Trinajstić information content (AvgIpc) is 3.85. The molecule has 1 N–H and O–H groups in total. The van der Waals surface area contributed by atoms with Gasteiger partial charge < -0.3 is 14.4 Å². The zero-order valence-corrected chi connectivity index (χ0v) is 27.6. The molecule has 6 heterocycles. The number of alkyl halides is 1. The molecule has 3 aliphatic rings. The molecule has 3 aromatic heterocycles. The highest BCUT2D eigenvalue weighted by atomic mass is 35.5. The molecule has 0 radical (unpaired) electrons. The first-order valence-corrected chi connectivity index (χ1v) is 17.3. The van der Waals surface area contributed by atoms with Gasteiger partial charge in [0, 0.05) is 71.6 Å². The van der Waals surface area contributed by atoms with Crippen LogP contribution in [0.4, 0.5) is 15.2 Å². The maximum absolute atomic E-state index is 14.4. The van der Waals surface area contributed by atoms with Gasteiger partial charge in [-0.3, -0.25) is 14.8 Å². The summed E-state index contributed by atoms with van der Waals surface area (Å²) in [6.07, 6.45) is 6.62. The van der Waals surface area contributed by atoms with Crippen molar-refractivity contribution < 1.29 is 9.18 Å². The molecule has 2 unspecified atom stereocenters. The predicted octanol–water partition coefficient (Wildman–Crippen LogP) is 6.71. The molecule has 2 atom stereocenters. The van der Waals surface area contributed by atoms with Crippen molar-refractivity contribution >= 4 is 62.2 Å². The molecule has 2 fully saturated rings. The predicted molar refractivity (Wildman–Crippen MR) is 181 cm³/mol. The second kappa shape index (κ2) is 11.6. The molecule has 1 spiro atoms. The number of likely N-dealkylation sites (tertiary alicyclic amines) is 1. The number of aromatic nitrogens is 5. The summed E-state index contributed by atoms with van der Waals surface area (Å²) in [5.41, 5.74) is 4.88. The first-order valence-electron chi connectivity index (χ1n) is 15.6. The molecule has 5 aromatic rings. The van der Waals surface area contributed by atoms with Crippen LogP contribution in [0, 0.1) is 5.41 Å². The average molecular weight is 680 g/mol. The maximum Gasteiger partial charge on any atom is 0.257 e. The fraction of sp³-hybridized carbons (Fsp3) is 0.394. The van der Waals surface area contributed by atoms with E-state index >= 15 is 0 Å². The number of hydrogen-bond acceptors (Lipinski definition) is 7. The molecular weight excluding hydrogens is 646 g/mol. The van der Waals surface area contributed by atoms with Crippen LogP contribution in [0.25, 0.3) is 22.0 Å². The van der Waals surface area contributed by atoms with E-state index in [1.807, 2.05) is 6.07 Å². The number of fused-ring (bicyclic) bond motifs is 2. The Morgan fingerprint density at radius 3 is 2.78 bits per heavy atom. The molecule has 0 saturated carbocycles. The Kier molecular flexibility index (Phi) is 7.55. The number of carbonyl (C=O) groups excluding carboxylic acids is 1. The van der Waals surface area contributed by atoms with E-state index in [-0.39, 0.29) is 13.0 Å². The maximum atomic E-state index is 14.4. The lowest BCUT2D eigenvalue weighted by molar-refractivity contribution is -0.118. The SMILES string of the molecule is CCN1CCCC2(C1)CN(c1ccc(-c3cc(Cl)c4cn(C(C(=O)Nc5nccs5)c5ncn6c5CC(F)C6)nc4c3Cl)cc1)C2. The number of nitrogens with zero attached hydrogens (tertiary/aromatic N) is 7. The molecule has 0 bridgehead atoms. The Morgan fingerprint density at radius 2 is 2.02 bits per heavy atom. The van der Waals surface area contributed by atoms with E-state index in [4.69, 9.17) is 28.3 Å². The van der Waals surface area contributed by atoms with Crippen LogP contribution < -0.4 is 10.2 Å². The lowest BCUT2D eigenvalue weighted by Gasteiger charge is -2.55. The number of nitrogens with one attached hydrogen (secondary N) is 1. The monoisotopic (exact) mass is 678 g/mol. The fourth-order valence-electron chi connectivity index (χ4n) is 7.45. The Morgan fingerprint density at radius 1 is 1.20 bits per heavy atom. The zero-order chi connectivity index (χ0) is 31.6. The zero-order valence-electron chi connectivity index (χ0n) is 25.3. The molecule has 9 nitrogen and oxygen atoms in total. The lowest BCUT2D eigenvalue weighted by Crippen LogP contribution is -2.63. The van der Waals surface area contributed by atoms with Crippen molar-refractivity contribution in [2.45, 2.75) is 44.9 Å². The van der Waals surface area contributed by atoms with Crippen LogP contribution in [0.5, 0.6) is 0 Å². The van der Waals surface area contributed by atoms with Gasteiger partial charge in [-0.2, -0.15) is 5.10 Å². The number of halogens is 3. The van der Waals surface area contributed by atoms with Crippen LogP contribution in [0.2, 0.25) is 10.0 Å². The van der Waals surface area contributed by atoms with E-state index in [0.29, 0.717) is 42.9 Å². The molecule has 46 heavy (non-hydrogen) atoms. The number of carbonyl (C=O) groups is 1. The third-order valence-corrected chi connectivity index (χ3v) is 11.1. The summed E-state index contributed by atoms with van der Waals surface area (Å²) in [6.45, 7) is 8.15. The quantitative estimate of drug-likeness (QED) is 0.206. The lowest BCUT2D eigenvalue weighted by atomic mass is 9.73. The standard InChI is InChI=1S/C33H33Cl2FN8OS/c1-2-41-10-3-8-33(16-41)17-43(18-33)22-6-4-20(5-7-22)23-13-25(34)24-15-44(40-28(24)27(23)35)30(31(45)39-32-37-9-11-46-32)29-26-12-21(36)14-42(26)19-38-29/h4-7,9,11,13,15,19,21,30H,2-3,8,10,12,14,16-18H2,1H3,(H,37,39,45). The van der Waals surface area contributed by atoms with Crippen molar-refractivity contribution in [3.8, 4) is 11.1 Å². The Hall–Kier alpha value is -3.51. The van der Waals surface area contributed by atoms with Gasteiger partial charge in [0.25, 0.3) is 5.91 Å². The Balaban J connectivity index is 1.10. The molecule has 13 heteroatoms. The first-order chi connectivity index (χ1) is 22.3. The van der Waals surface area contributed by atoms with Crippen LogP contribution in [-0.2, 0) is 17.8 Å². The minimum Gasteiger partial charge on any atom is -0.370 e. The van der Waals surface area contributed by atoms with Gasteiger partial charge in [0.05, 0.1) is 28.6 Å². The number of amides is 1. The van der Waals surface area contributed by atoms with Crippen molar-refractivity contribution in [2.24, 2.45) is 5.41 Å². The topological polar surface area (TPSA) is 84.1 Å². The summed E-state index contributed by atoms with van der Waals surface area (Å²) in [7, 11) is 0. The van der Waals surface area contributed by atoms with Crippen LogP contribution in [0.3, 0.4) is 0 Å². The first kappa shape index (κ1) is 29.9. The van der Waals surface area contributed by atoms with Crippen LogP contribution in [0.1, 0.15) is 37.2 Å². The summed E-state index contributed by atoms with van der Waals surface area (Å²) in [6, 6.07) is 9.30. The molecule has 238 valence electrons. The van der Waals surface area contributed by atoms with Crippen molar-refractivity contribution in [3.05, 3.63) is 75.9 Å². The number of rotatable bonds is 7. The van der Waals surface area contributed by atoms with Crippen LogP contribution >= 0.6 is 34.5 Å². The molecule has 3 aliphatic heterocycles. The van der Waals surface area contributed by atoms with Crippen LogP contribution in [0.15, 0.2) is 54.4 Å².